The Morgan fingerprint density at radius 1 is 1.29 bits per heavy atom. The van der Waals surface area contributed by atoms with Gasteiger partial charge < -0.3 is 5.11 Å². The van der Waals surface area contributed by atoms with Gasteiger partial charge in [-0.15, -0.1) is 0 Å². The van der Waals surface area contributed by atoms with Crippen LogP contribution in [0.3, 0.4) is 0 Å². The monoisotopic (exact) mass is 305 g/mol. The minimum atomic E-state index is -4.56. The smallest absolute Gasteiger partial charge is 0.378 e. The molecule has 0 aromatic heterocycles. The molecule has 2 atom stereocenters. The maximum absolute atomic E-state index is 13.4. The van der Waals surface area contributed by atoms with Crippen LogP contribution in [0.1, 0.15) is 43.2 Å². The van der Waals surface area contributed by atoms with Crippen LogP contribution in [0.2, 0.25) is 0 Å². The Morgan fingerprint density at radius 3 is 2.57 bits per heavy atom. The molecule has 0 saturated carbocycles. The van der Waals surface area contributed by atoms with Crippen LogP contribution in [0, 0.1) is 5.82 Å². The lowest BCUT2D eigenvalue weighted by Gasteiger charge is -2.36. The van der Waals surface area contributed by atoms with Crippen molar-refractivity contribution in [1.29, 1.82) is 0 Å². The van der Waals surface area contributed by atoms with Gasteiger partial charge in [0.1, 0.15) is 12.0 Å². The van der Waals surface area contributed by atoms with Gasteiger partial charge in [0.05, 0.1) is 5.56 Å². The van der Waals surface area contributed by atoms with E-state index in [1.807, 2.05) is 11.8 Å². The summed E-state index contributed by atoms with van der Waals surface area (Å²) in [5, 5.41) is 10.0. The number of likely N-dealkylation sites (tertiary alicyclic amines) is 1. The van der Waals surface area contributed by atoms with Crippen molar-refractivity contribution < 1.29 is 22.7 Å². The van der Waals surface area contributed by atoms with Crippen LogP contribution in [0.15, 0.2) is 18.2 Å². The first-order chi connectivity index (χ1) is 9.81. The summed E-state index contributed by atoms with van der Waals surface area (Å²) < 4.78 is 51.6. The molecule has 1 aliphatic heterocycles. The Kier molecular flexibility index (Phi) is 4.88. The number of hydrogen-bond acceptors (Lipinski definition) is 2. The third kappa shape index (κ3) is 3.95. The van der Waals surface area contributed by atoms with Crippen LogP contribution in [0.25, 0.3) is 0 Å². The maximum Gasteiger partial charge on any atom is 0.416 e. The fourth-order valence-electron chi connectivity index (χ4n) is 2.85. The molecule has 1 N–H and O–H groups in total. The summed E-state index contributed by atoms with van der Waals surface area (Å²) in [7, 11) is 0. The fourth-order valence-corrected chi connectivity index (χ4v) is 2.85. The molecule has 0 spiro atoms. The highest BCUT2D eigenvalue weighted by Crippen LogP contribution is 2.36. The lowest BCUT2D eigenvalue weighted by Crippen LogP contribution is -2.42. The normalized spacial score (nSPS) is 24.3. The van der Waals surface area contributed by atoms with Gasteiger partial charge in [0.15, 0.2) is 0 Å². The number of alkyl halides is 3. The Morgan fingerprint density at radius 2 is 2.00 bits per heavy atom. The lowest BCUT2D eigenvalue weighted by atomic mass is 9.87. The average Bonchev–Trinajstić information content (AvgIpc) is 2.39. The molecule has 2 nitrogen and oxygen atoms in total. The summed E-state index contributed by atoms with van der Waals surface area (Å²) in [6.45, 7) is 3.36. The van der Waals surface area contributed by atoms with Crippen molar-refractivity contribution in [2.75, 3.05) is 13.1 Å². The van der Waals surface area contributed by atoms with Gasteiger partial charge in [0.2, 0.25) is 0 Å². The van der Waals surface area contributed by atoms with Crippen molar-refractivity contribution in [2.24, 2.45) is 0 Å². The molecule has 2 unspecified atom stereocenters. The molecule has 2 rings (SSSR count). The Balaban J connectivity index is 2.18. The van der Waals surface area contributed by atoms with Crippen molar-refractivity contribution in [3.63, 3.8) is 0 Å². The van der Waals surface area contributed by atoms with Gasteiger partial charge in [-0.2, -0.15) is 13.2 Å². The zero-order valence-electron chi connectivity index (χ0n) is 11.8. The van der Waals surface area contributed by atoms with Crippen molar-refractivity contribution in [3.05, 3.63) is 35.1 Å². The predicted octanol–water partition coefficient (Wildman–Crippen LogP) is 3.75. The number of aliphatic hydroxyl groups excluding tert-OH is 1. The largest absolute Gasteiger partial charge is 0.416 e. The summed E-state index contributed by atoms with van der Waals surface area (Å²) in [4.78, 5) is 1.90. The van der Waals surface area contributed by atoms with E-state index in [9.17, 15) is 22.7 Å². The van der Waals surface area contributed by atoms with Crippen molar-refractivity contribution in [1.82, 2.24) is 4.90 Å². The zero-order valence-corrected chi connectivity index (χ0v) is 11.8. The molecule has 6 heteroatoms. The molecule has 0 bridgehead atoms. The van der Waals surface area contributed by atoms with Crippen LogP contribution in [0.5, 0.6) is 0 Å². The summed E-state index contributed by atoms with van der Waals surface area (Å²) in [6.07, 6.45) is -3.38. The average molecular weight is 305 g/mol. The number of rotatable bonds is 3. The van der Waals surface area contributed by atoms with Crippen LogP contribution in [-0.4, -0.2) is 29.3 Å². The van der Waals surface area contributed by atoms with Gasteiger partial charge in [-0.25, -0.2) is 4.39 Å². The van der Waals surface area contributed by atoms with Crippen molar-refractivity contribution in [3.8, 4) is 0 Å². The van der Waals surface area contributed by atoms with Crippen LogP contribution >= 0.6 is 0 Å². The first-order valence-electron chi connectivity index (χ1n) is 7.11. The second kappa shape index (κ2) is 6.32. The van der Waals surface area contributed by atoms with E-state index in [0.717, 1.165) is 25.1 Å². The number of halogens is 4. The molecule has 0 amide bonds. The number of nitrogens with zero attached hydrogens (tertiary/aromatic N) is 1. The number of aliphatic hydroxyl groups is 1. The summed E-state index contributed by atoms with van der Waals surface area (Å²) in [5.41, 5.74) is -0.652. The molecule has 1 aliphatic rings. The minimum absolute atomic E-state index is 0.245. The molecular weight excluding hydrogens is 286 g/mol. The number of hydrogen-bond donors (Lipinski definition) is 1. The first-order valence-corrected chi connectivity index (χ1v) is 7.11. The summed E-state index contributed by atoms with van der Waals surface area (Å²) >= 11 is 0. The Labute approximate surface area is 121 Å². The van der Waals surface area contributed by atoms with Gasteiger partial charge in [-0.3, -0.25) is 4.90 Å². The molecule has 21 heavy (non-hydrogen) atoms. The zero-order chi connectivity index (χ0) is 15.6. The Bertz CT molecular complexity index is 489. The molecule has 0 aliphatic carbocycles. The van der Waals surface area contributed by atoms with E-state index in [2.05, 4.69) is 0 Å². The minimum Gasteiger partial charge on any atom is -0.378 e. The molecule has 1 aromatic carbocycles. The molecule has 0 radical (unpaired) electrons. The highest BCUT2D eigenvalue weighted by molar-refractivity contribution is 5.29. The van der Waals surface area contributed by atoms with E-state index in [1.165, 1.54) is 0 Å². The van der Waals surface area contributed by atoms with Gasteiger partial charge in [-0.05, 0) is 48.9 Å². The number of piperidine rings is 1. The standard InChI is InChI=1S/C15H19F4NO/c1-2-4-20-5-3-10(8-14(20)21)11-6-12(15(17,18)19)9-13(16)7-11/h6-7,9-10,14,21H,2-5,8H2,1H3. The second-order valence-corrected chi connectivity index (χ2v) is 5.51. The first kappa shape index (κ1) is 16.2. The number of benzene rings is 1. The molecule has 1 fully saturated rings. The molecule has 1 aromatic rings. The van der Waals surface area contributed by atoms with Crippen LogP contribution in [-0.2, 0) is 6.18 Å². The van der Waals surface area contributed by atoms with E-state index in [1.54, 1.807) is 0 Å². The van der Waals surface area contributed by atoms with E-state index < -0.39 is 23.8 Å². The predicted molar refractivity (Wildman–Crippen MR) is 71.2 cm³/mol. The molecule has 1 saturated heterocycles. The lowest BCUT2D eigenvalue weighted by molar-refractivity contribution is -0.137. The van der Waals surface area contributed by atoms with Gasteiger partial charge in [0, 0.05) is 13.1 Å². The van der Waals surface area contributed by atoms with E-state index in [4.69, 9.17) is 0 Å². The molecule has 118 valence electrons. The molecule has 1 heterocycles. The third-order valence-corrected chi connectivity index (χ3v) is 3.91. The quantitative estimate of drug-likeness (QED) is 0.860. The van der Waals surface area contributed by atoms with Crippen LogP contribution in [0.4, 0.5) is 17.6 Å². The van der Waals surface area contributed by atoms with Gasteiger partial charge >= 0.3 is 6.18 Å². The highest BCUT2D eigenvalue weighted by Gasteiger charge is 2.33. The van der Waals surface area contributed by atoms with Crippen molar-refractivity contribution in [2.45, 2.75) is 44.5 Å². The van der Waals surface area contributed by atoms with Gasteiger partial charge in [-0.1, -0.05) is 6.92 Å². The van der Waals surface area contributed by atoms with E-state index >= 15 is 0 Å². The third-order valence-electron chi connectivity index (χ3n) is 3.91. The summed E-state index contributed by atoms with van der Waals surface area (Å²) in [6, 6.07) is 2.64. The van der Waals surface area contributed by atoms with E-state index in [0.29, 0.717) is 31.0 Å². The second-order valence-electron chi connectivity index (χ2n) is 5.51. The highest BCUT2D eigenvalue weighted by atomic mass is 19.4. The maximum atomic E-state index is 13.4. The van der Waals surface area contributed by atoms with Crippen molar-refractivity contribution >= 4 is 0 Å². The molecular formula is C15H19F4NO. The topological polar surface area (TPSA) is 23.5 Å². The van der Waals surface area contributed by atoms with E-state index in [-0.39, 0.29) is 5.92 Å². The van der Waals surface area contributed by atoms with Crippen LogP contribution < -0.4 is 0 Å². The SMILES string of the molecule is CCCN1CCC(c2cc(F)cc(C(F)(F)F)c2)CC1O. The Hall–Kier alpha value is -1.14. The fraction of sp³-hybridized carbons (Fsp3) is 0.600. The van der Waals surface area contributed by atoms with Gasteiger partial charge in [0.25, 0.3) is 0 Å². The summed E-state index contributed by atoms with van der Waals surface area (Å²) in [5.74, 6) is -1.13.